The second-order valence-corrected chi connectivity index (χ2v) is 2.75. The average molecular weight is 160 g/mol. The fourth-order valence-electron chi connectivity index (χ4n) is 1.27. The predicted molar refractivity (Wildman–Crippen MR) is 37.1 cm³/mol. The molecule has 2 N–H and O–H groups in total. The summed E-state index contributed by atoms with van der Waals surface area (Å²) in [5, 5.41) is 17.4. The first kappa shape index (κ1) is 8.49. The molecule has 4 nitrogen and oxygen atoms in total. The highest BCUT2D eigenvalue weighted by molar-refractivity contribution is 5.70. The molecule has 11 heavy (non-hydrogen) atoms. The molecule has 0 saturated carbocycles. The summed E-state index contributed by atoms with van der Waals surface area (Å²) in [6.07, 6.45) is 0.646. The van der Waals surface area contributed by atoms with Gasteiger partial charge in [-0.05, 0) is 12.3 Å². The first-order valence-corrected chi connectivity index (χ1v) is 3.67. The van der Waals surface area contributed by atoms with Crippen molar-refractivity contribution in [2.24, 2.45) is 11.8 Å². The van der Waals surface area contributed by atoms with Gasteiger partial charge < -0.3 is 14.9 Å². The molecule has 1 saturated heterocycles. The van der Waals surface area contributed by atoms with Crippen molar-refractivity contribution in [2.75, 3.05) is 19.8 Å². The zero-order chi connectivity index (χ0) is 8.27. The number of carboxylic acid groups (broad SMARTS) is 1. The van der Waals surface area contributed by atoms with Crippen LogP contribution in [0.4, 0.5) is 0 Å². The normalized spacial score (nSPS) is 31.7. The Bertz CT molecular complexity index is 145. The number of carboxylic acids is 1. The lowest BCUT2D eigenvalue weighted by Crippen LogP contribution is -2.35. The van der Waals surface area contributed by atoms with Gasteiger partial charge in [0.25, 0.3) is 0 Å². The van der Waals surface area contributed by atoms with Crippen LogP contribution >= 0.6 is 0 Å². The Kier molecular flexibility index (Phi) is 2.84. The van der Waals surface area contributed by atoms with Crippen LogP contribution in [0.25, 0.3) is 0 Å². The molecule has 0 unspecified atom stereocenters. The van der Waals surface area contributed by atoms with Crippen LogP contribution in [-0.4, -0.2) is 36.0 Å². The number of rotatable bonds is 2. The number of aliphatic hydroxyl groups excluding tert-OH is 1. The minimum Gasteiger partial charge on any atom is -0.481 e. The molecular formula is C7H12O4. The smallest absolute Gasteiger partial charge is 0.309 e. The maximum atomic E-state index is 10.5. The van der Waals surface area contributed by atoms with Gasteiger partial charge in [-0.15, -0.1) is 0 Å². The molecule has 0 aliphatic carbocycles. The molecule has 1 aliphatic rings. The van der Waals surface area contributed by atoms with Gasteiger partial charge in [-0.2, -0.15) is 0 Å². The maximum Gasteiger partial charge on any atom is 0.309 e. The van der Waals surface area contributed by atoms with Crippen LogP contribution in [0.3, 0.4) is 0 Å². The lowest BCUT2D eigenvalue weighted by atomic mass is 9.89. The summed E-state index contributed by atoms with van der Waals surface area (Å²) in [6.45, 7) is 0.746. The standard InChI is InChI=1S/C7H12O4/c8-3-5-1-2-11-4-6(5)7(9)10/h5-6,8H,1-4H2,(H,9,10)/t5-,6-/m1/s1. The van der Waals surface area contributed by atoms with Crippen LogP contribution in [0, 0.1) is 11.8 Å². The SMILES string of the molecule is O=C(O)[C@@H]1COCC[C@@H]1CO. The molecule has 0 bridgehead atoms. The number of aliphatic hydroxyl groups is 1. The summed E-state index contributed by atoms with van der Waals surface area (Å²) in [6, 6.07) is 0. The third kappa shape index (κ3) is 1.91. The molecule has 0 spiro atoms. The predicted octanol–water partition coefficient (Wildman–Crippen LogP) is -0.284. The van der Waals surface area contributed by atoms with E-state index in [1.807, 2.05) is 0 Å². The zero-order valence-electron chi connectivity index (χ0n) is 6.19. The van der Waals surface area contributed by atoms with E-state index in [1.54, 1.807) is 0 Å². The molecule has 4 heteroatoms. The summed E-state index contributed by atoms with van der Waals surface area (Å²) >= 11 is 0. The van der Waals surface area contributed by atoms with E-state index < -0.39 is 11.9 Å². The van der Waals surface area contributed by atoms with Gasteiger partial charge >= 0.3 is 5.97 Å². The lowest BCUT2D eigenvalue weighted by Gasteiger charge is -2.26. The molecule has 64 valence electrons. The van der Waals surface area contributed by atoms with Crippen LogP contribution in [0.15, 0.2) is 0 Å². The maximum absolute atomic E-state index is 10.5. The Morgan fingerprint density at radius 1 is 1.64 bits per heavy atom. The van der Waals surface area contributed by atoms with Gasteiger partial charge in [0.2, 0.25) is 0 Å². The van der Waals surface area contributed by atoms with Crippen molar-refractivity contribution in [1.29, 1.82) is 0 Å². The topological polar surface area (TPSA) is 66.8 Å². The van der Waals surface area contributed by atoms with E-state index in [4.69, 9.17) is 14.9 Å². The van der Waals surface area contributed by atoms with Gasteiger partial charge in [0.05, 0.1) is 12.5 Å². The van der Waals surface area contributed by atoms with Gasteiger partial charge in [0.15, 0.2) is 0 Å². The summed E-state index contributed by atoms with van der Waals surface area (Å²) in [5.74, 6) is -1.52. The summed E-state index contributed by atoms with van der Waals surface area (Å²) in [7, 11) is 0. The number of aliphatic carboxylic acids is 1. The van der Waals surface area contributed by atoms with E-state index in [9.17, 15) is 4.79 Å². The van der Waals surface area contributed by atoms with Crippen LogP contribution in [0.1, 0.15) is 6.42 Å². The molecular weight excluding hydrogens is 148 g/mol. The summed E-state index contributed by atoms with van der Waals surface area (Å²) in [5.41, 5.74) is 0. The number of hydrogen-bond donors (Lipinski definition) is 2. The highest BCUT2D eigenvalue weighted by Gasteiger charge is 2.30. The van der Waals surface area contributed by atoms with Crippen molar-refractivity contribution >= 4 is 5.97 Å². The zero-order valence-corrected chi connectivity index (χ0v) is 6.19. The monoisotopic (exact) mass is 160 g/mol. The van der Waals surface area contributed by atoms with E-state index in [0.717, 1.165) is 0 Å². The molecule has 1 rings (SSSR count). The van der Waals surface area contributed by atoms with Gasteiger partial charge in [0, 0.05) is 13.2 Å². The van der Waals surface area contributed by atoms with Crippen LogP contribution in [0.2, 0.25) is 0 Å². The van der Waals surface area contributed by atoms with E-state index in [0.29, 0.717) is 13.0 Å². The molecule has 2 atom stereocenters. The second-order valence-electron chi connectivity index (χ2n) is 2.75. The van der Waals surface area contributed by atoms with Gasteiger partial charge in [-0.3, -0.25) is 4.79 Å². The quantitative estimate of drug-likeness (QED) is 0.582. The number of hydrogen-bond acceptors (Lipinski definition) is 3. The summed E-state index contributed by atoms with van der Waals surface area (Å²) < 4.78 is 4.98. The lowest BCUT2D eigenvalue weighted by molar-refractivity contribution is -0.150. The molecule has 0 aromatic rings. The third-order valence-corrected chi connectivity index (χ3v) is 2.05. The first-order valence-electron chi connectivity index (χ1n) is 3.67. The summed E-state index contributed by atoms with van der Waals surface area (Å²) in [4.78, 5) is 10.5. The molecule has 0 aromatic heterocycles. The molecule has 0 aromatic carbocycles. The van der Waals surface area contributed by atoms with Crippen LogP contribution in [0.5, 0.6) is 0 Å². The van der Waals surface area contributed by atoms with Crippen LogP contribution in [-0.2, 0) is 9.53 Å². The van der Waals surface area contributed by atoms with E-state index >= 15 is 0 Å². The van der Waals surface area contributed by atoms with Gasteiger partial charge in [0.1, 0.15) is 0 Å². The average Bonchev–Trinajstić information content (AvgIpc) is 2.04. The minimum atomic E-state index is -0.872. The third-order valence-electron chi connectivity index (χ3n) is 2.05. The fraction of sp³-hybridized carbons (Fsp3) is 0.857. The van der Waals surface area contributed by atoms with E-state index in [2.05, 4.69) is 0 Å². The van der Waals surface area contributed by atoms with Crippen molar-refractivity contribution in [3.8, 4) is 0 Å². The fourth-order valence-corrected chi connectivity index (χ4v) is 1.27. The Labute approximate surface area is 64.8 Å². The molecule has 1 heterocycles. The number of carbonyl (C=O) groups is 1. The molecule has 1 aliphatic heterocycles. The Balaban J connectivity index is 2.51. The Morgan fingerprint density at radius 3 is 2.82 bits per heavy atom. The van der Waals surface area contributed by atoms with Crippen molar-refractivity contribution in [3.63, 3.8) is 0 Å². The highest BCUT2D eigenvalue weighted by atomic mass is 16.5. The van der Waals surface area contributed by atoms with E-state index in [1.165, 1.54) is 0 Å². The molecule has 0 amide bonds. The first-order chi connectivity index (χ1) is 5.25. The van der Waals surface area contributed by atoms with Gasteiger partial charge in [-0.25, -0.2) is 0 Å². The van der Waals surface area contributed by atoms with Crippen molar-refractivity contribution in [2.45, 2.75) is 6.42 Å². The number of ether oxygens (including phenoxy) is 1. The molecule has 0 radical (unpaired) electrons. The van der Waals surface area contributed by atoms with Crippen molar-refractivity contribution in [1.82, 2.24) is 0 Å². The minimum absolute atomic E-state index is 0.0552. The van der Waals surface area contributed by atoms with Crippen molar-refractivity contribution in [3.05, 3.63) is 0 Å². The van der Waals surface area contributed by atoms with Crippen molar-refractivity contribution < 1.29 is 19.7 Å². The molecule has 1 fully saturated rings. The Hall–Kier alpha value is -0.610. The van der Waals surface area contributed by atoms with Crippen LogP contribution < -0.4 is 0 Å². The largest absolute Gasteiger partial charge is 0.481 e. The second kappa shape index (κ2) is 3.69. The Morgan fingerprint density at radius 2 is 2.36 bits per heavy atom. The van der Waals surface area contributed by atoms with E-state index in [-0.39, 0.29) is 19.1 Å². The van der Waals surface area contributed by atoms with Gasteiger partial charge in [-0.1, -0.05) is 0 Å². The highest BCUT2D eigenvalue weighted by Crippen LogP contribution is 2.21.